The summed E-state index contributed by atoms with van der Waals surface area (Å²) in [5.74, 6) is 0.667. The minimum Gasteiger partial charge on any atom is -0.378 e. The Kier molecular flexibility index (Phi) is 5.28. The van der Waals surface area contributed by atoms with Crippen LogP contribution in [0.25, 0.3) is 0 Å². The van der Waals surface area contributed by atoms with Gasteiger partial charge in [0.2, 0.25) is 0 Å². The molecule has 0 amide bonds. The van der Waals surface area contributed by atoms with E-state index in [-0.39, 0.29) is 0 Å². The van der Waals surface area contributed by atoms with Gasteiger partial charge < -0.3 is 5.32 Å². The van der Waals surface area contributed by atoms with Crippen molar-refractivity contribution >= 4 is 11.8 Å². The number of nitro groups is 1. The molecule has 0 spiro atoms. The average molecular weight is 174 g/mol. The molecule has 0 radical (unpaired) electrons. The van der Waals surface area contributed by atoms with Gasteiger partial charge in [0.15, 0.2) is 0 Å². The quantitative estimate of drug-likeness (QED) is 0.386. The van der Waals surface area contributed by atoms with Gasteiger partial charge in [-0.3, -0.25) is 10.1 Å². The number of rotatable bonds is 5. The Labute approximate surface area is 69.5 Å². The number of thioether (sulfide) groups is 1. The molecule has 11 heavy (non-hydrogen) atoms. The van der Waals surface area contributed by atoms with E-state index in [9.17, 15) is 10.1 Å². The maximum atomic E-state index is 9.98. The normalized spacial score (nSPS) is 10.8. The molecule has 0 heterocycles. The Morgan fingerprint density at radius 1 is 1.91 bits per heavy atom. The third-order valence-electron chi connectivity index (χ3n) is 0.826. The molecule has 4 nitrogen and oxygen atoms in total. The van der Waals surface area contributed by atoms with E-state index < -0.39 is 4.92 Å². The summed E-state index contributed by atoms with van der Waals surface area (Å²) in [5, 5.41) is 13.2. The fourth-order valence-corrected chi connectivity index (χ4v) is 1.02. The van der Waals surface area contributed by atoms with Gasteiger partial charge in [0.1, 0.15) is 5.03 Å². The highest BCUT2D eigenvalue weighted by Crippen LogP contribution is 2.10. The topological polar surface area (TPSA) is 55.2 Å². The second kappa shape index (κ2) is 5.79. The highest BCUT2D eigenvalue weighted by atomic mass is 32.2. The maximum absolute atomic E-state index is 9.98. The maximum Gasteiger partial charge on any atom is 0.263 e. The molecule has 0 fully saturated rings. The van der Waals surface area contributed by atoms with E-state index in [0.29, 0.717) is 10.8 Å². The van der Waals surface area contributed by atoms with Gasteiger partial charge in [-0.15, -0.1) is 6.58 Å². The van der Waals surface area contributed by atoms with Gasteiger partial charge in [-0.2, -0.15) is 0 Å². The van der Waals surface area contributed by atoms with Crippen LogP contribution in [0.2, 0.25) is 0 Å². The molecule has 62 valence electrons. The van der Waals surface area contributed by atoms with Gasteiger partial charge in [-0.25, -0.2) is 0 Å². The number of nitrogens with one attached hydrogen (secondary N) is 1. The van der Waals surface area contributed by atoms with Crippen LogP contribution in [0.15, 0.2) is 23.9 Å². The van der Waals surface area contributed by atoms with Crippen molar-refractivity contribution in [2.24, 2.45) is 0 Å². The number of hydrogen-bond donors (Lipinski definition) is 1. The van der Waals surface area contributed by atoms with Crippen LogP contribution in [0.4, 0.5) is 0 Å². The summed E-state index contributed by atoms with van der Waals surface area (Å²) >= 11 is 1.34. The van der Waals surface area contributed by atoms with E-state index in [0.717, 1.165) is 6.20 Å². The first-order chi connectivity index (χ1) is 5.20. The van der Waals surface area contributed by atoms with E-state index >= 15 is 0 Å². The second-order valence-electron chi connectivity index (χ2n) is 1.63. The summed E-state index contributed by atoms with van der Waals surface area (Å²) in [6, 6.07) is 0. The van der Waals surface area contributed by atoms with Gasteiger partial charge in [0, 0.05) is 12.8 Å². The van der Waals surface area contributed by atoms with Gasteiger partial charge in [0.05, 0.1) is 4.92 Å². The lowest BCUT2D eigenvalue weighted by Crippen LogP contribution is -2.04. The highest BCUT2D eigenvalue weighted by Gasteiger charge is 1.98. The van der Waals surface area contributed by atoms with Gasteiger partial charge in [-0.05, 0) is 0 Å². The molecular formula is C6H10N2O2S. The molecule has 0 aromatic heterocycles. The van der Waals surface area contributed by atoms with E-state index in [1.807, 2.05) is 0 Å². The first-order valence-corrected chi connectivity index (χ1v) is 3.96. The molecule has 0 saturated heterocycles. The molecule has 5 heteroatoms. The molecule has 1 N–H and O–H groups in total. The van der Waals surface area contributed by atoms with Crippen LogP contribution in [-0.2, 0) is 0 Å². The van der Waals surface area contributed by atoms with Crippen LogP contribution < -0.4 is 5.32 Å². The molecule has 0 aliphatic carbocycles. The zero-order chi connectivity index (χ0) is 8.69. The Bertz CT molecular complexity index is 179. The third kappa shape index (κ3) is 5.47. The molecule has 0 aromatic carbocycles. The lowest BCUT2D eigenvalue weighted by molar-refractivity contribution is -0.403. The van der Waals surface area contributed by atoms with E-state index in [1.165, 1.54) is 11.8 Å². The molecular weight excluding hydrogens is 164 g/mol. The molecule has 0 bridgehead atoms. The van der Waals surface area contributed by atoms with Gasteiger partial charge in [0.25, 0.3) is 6.20 Å². The van der Waals surface area contributed by atoms with Crippen molar-refractivity contribution in [2.75, 3.05) is 12.8 Å². The lowest BCUT2D eigenvalue weighted by atomic mass is 10.8. The molecule has 0 saturated carbocycles. The minimum absolute atomic E-state index is 0.484. The van der Waals surface area contributed by atoms with Crippen molar-refractivity contribution in [3.63, 3.8) is 0 Å². The molecule has 0 aliphatic rings. The average Bonchev–Trinajstić information content (AvgIpc) is 1.97. The van der Waals surface area contributed by atoms with Crippen LogP contribution >= 0.6 is 11.8 Å². The van der Waals surface area contributed by atoms with E-state index in [4.69, 9.17) is 0 Å². The summed E-state index contributed by atoms with van der Waals surface area (Å²) in [6.45, 7) is 3.50. The standard InChI is InChI=1S/C6H10N2O2S/c1-3-4-11-6(7-2)5-8(9)10/h3,5,7H,1,4H2,2H3/b6-5+. The van der Waals surface area contributed by atoms with E-state index in [1.54, 1.807) is 13.1 Å². The van der Waals surface area contributed by atoms with Crippen LogP contribution in [0.1, 0.15) is 0 Å². The van der Waals surface area contributed by atoms with Crippen LogP contribution in [-0.4, -0.2) is 17.7 Å². The summed E-state index contributed by atoms with van der Waals surface area (Å²) in [7, 11) is 1.64. The van der Waals surface area contributed by atoms with Crippen molar-refractivity contribution in [1.29, 1.82) is 0 Å². The fourth-order valence-electron chi connectivity index (χ4n) is 0.418. The van der Waals surface area contributed by atoms with Crippen molar-refractivity contribution in [1.82, 2.24) is 5.32 Å². The summed E-state index contributed by atoms with van der Waals surface area (Å²) in [6.07, 6.45) is 2.63. The van der Waals surface area contributed by atoms with Crippen molar-refractivity contribution in [3.05, 3.63) is 34.0 Å². The van der Waals surface area contributed by atoms with Crippen LogP contribution in [0.5, 0.6) is 0 Å². The number of nitrogens with zero attached hydrogens (tertiary/aromatic N) is 1. The van der Waals surface area contributed by atoms with Crippen molar-refractivity contribution in [2.45, 2.75) is 0 Å². The zero-order valence-electron chi connectivity index (χ0n) is 6.24. The zero-order valence-corrected chi connectivity index (χ0v) is 7.06. The fraction of sp³-hybridized carbons (Fsp3) is 0.333. The molecule has 0 aromatic rings. The molecule has 0 atom stereocenters. The predicted octanol–water partition coefficient (Wildman–Crippen LogP) is 1.20. The molecule has 0 aliphatic heterocycles. The first kappa shape index (κ1) is 10.0. The van der Waals surface area contributed by atoms with Crippen LogP contribution in [0, 0.1) is 10.1 Å². The smallest absolute Gasteiger partial charge is 0.263 e. The Morgan fingerprint density at radius 3 is 2.91 bits per heavy atom. The largest absolute Gasteiger partial charge is 0.378 e. The highest BCUT2D eigenvalue weighted by molar-refractivity contribution is 8.03. The van der Waals surface area contributed by atoms with Crippen molar-refractivity contribution in [3.8, 4) is 0 Å². The summed E-state index contributed by atoms with van der Waals surface area (Å²) < 4.78 is 0. The van der Waals surface area contributed by atoms with Crippen molar-refractivity contribution < 1.29 is 4.92 Å². The minimum atomic E-state index is -0.484. The molecule has 0 unspecified atom stereocenters. The Hall–Kier alpha value is -0.970. The Morgan fingerprint density at radius 2 is 2.55 bits per heavy atom. The first-order valence-electron chi connectivity index (χ1n) is 2.97. The summed E-state index contributed by atoms with van der Waals surface area (Å²) in [5.41, 5.74) is 0. The Balaban J connectivity index is 3.93. The summed E-state index contributed by atoms with van der Waals surface area (Å²) in [4.78, 5) is 9.50. The third-order valence-corrected chi connectivity index (χ3v) is 1.85. The predicted molar refractivity (Wildman–Crippen MR) is 46.8 cm³/mol. The second-order valence-corrected chi connectivity index (χ2v) is 2.69. The molecule has 0 rings (SSSR count). The monoisotopic (exact) mass is 174 g/mol. The lowest BCUT2D eigenvalue weighted by Gasteiger charge is -1.98. The van der Waals surface area contributed by atoms with Gasteiger partial charge in [-0.1, -0.05) is 17.8 Å². The SMILES string of the molecule is C=CCS/C(=C/[N+](=O)[O-])NC. The number of hydrogen-bond acceptors (Lipinski definition) is 4. The van der Waals surface area contributed by atoms with E-state index in [2.05, 4.69) is 11.9 Å². The van der Waals surface area contributed by atoms with Gasteiger partial charge >= 0.3 is 0 Å². The van der Waals surface area contributed by atoms with Crippen LogP contribution in [0.3, 0.4) is 0 Å².